The van der Waals surface area contributed by atoms with E-state index in [0.29, 0.717) is 11.3 Å². The molecular weight excluding hydrogens is 232 g/mol. The van der Waals surface area contributed by atoms with E-state index in [4.69, 9.17) is 14.4 Å². The molecule has 1 aromatic carbocycles. The van der Waals surface area contributed by atoms with E-state index in [1.807, 2.05) is 0 Å². The summed E-state index contributed by atoms with van der Waals surface area (Å²) in [6.07, 6.45) is 0. The van der Waals surface area contributed by atoms with Crippen LogP contribution in [0.15, 0.2) is 18.2 Å². The predicted octanol–water partition coefficient (Wildman–Crippen LogP) is 2.70. The molecule has 0 radical (unpaired) electrons. The van der Waals surface area contributed by atoms with E-state index in [1.165, 1.54) is 19.2 Å². The monoisotopic (exact) mass is 238 g/mol. The van der Waals surface area contributed by atoms with Crippen molar-refractivity contribution < 1.29 is 26.4 Å². The first-order valence-corrected chi connectivity index (χ1v) is 7.06. The second-order valence-corrected chi connectivity index (χ2v) is 1.96. The number of ether oxygens (including phenoxy) is 1. The summed E-state index contributed by atoms with van der Waals surface area (Å²) in [5.41, 5.74) is 0.572. The minimum absolute atomic E-state index is 0.286. The molecule has 4 heteroatoms. The SMILES string of the molecule is [CH2-]c1cc(F)ccc1OC.[Cl][Zn+]. The topological polar surface area (TPSA) is 9.23 Å². The molecule has 0 saturated carbocycles. The van der Waals surface area contributed by atoms with Crippen molar-refractivity contribution in [1.29, 1.82) is 0 Å². The van der Waals surface area contributed by atoms with Crippen molar-refractivity contribution in [2.24, 2.45) is 0 Å². The molecule has 0 heterocycles. The summed E-state index contributed by atoms with van der Waals surface area (Å²) >= 11 is 0.847. The zero-order valence-corrected chi connectivity index (χ0v) is 10.5. The summed E-state index contributed by atoms with van der Waals surface area (Å²) in [6, 6.07) is 4.23. The fourth-order valence-electron chi connectivity index (χ4n) is 0.747. The molecule has 0 atom stereocenters. The Bertz CT molecular complexity index is 242. The summed E-state index contributed by atoms with van der Waals surface area (Å²) < 4.78 is 17.3. The van der Waals surface area contributed by atoms with E-state index in [0.717, 1.165) is 17.3 Å². The van der Waals surface area contributed by atoms with E-state index >= 15 is 0 Å². The summed E-state index contributed by atoms with van der Waals surface area (Å²) in [7, 11) is 6.29. The molecule has 0 fully saturated rings. The molecule has 0 N–H and O–H groups in total. The number of hydrogen-bond donors (Lipinski definition) is 0. The Balaban J connectivity index is 0.000000561. The molecule has 0 aliphatic heterocycles. The summed E-state index contributed by atoms with van der Waals surface area (Å²) in [5.74, 6) is 0.326. The van der Waals surface area contributed by atoms with E-state index in [-0.39, 0.29) is 5.82 Å². The van der Waals surface area contributed by atoms with Crippen LogP contribution in [0.4, 0.5) is 4.39 Å². The Morgan fingerprint density at radius 2 is 2.08 bits per heavy atom. The third kappa shape index (κ3) is 3.42. The van der Waals surface area contributed by atoms with E-state index in [2.05, 4.69) is 6.92 Å². The quantitative estimate of drug-likeness (QED) is 0.541. The minimum atomic E-state index is -0.286. The molecule has 1 rings (SSSR count). The molecule has 0 aliphatic carbocycles. The fourth-order valence-corrected chi connectivity index (χ4v) is 0.747. The van der Waals surface area contributed by atoms with Gasteiger partial charge in [-0.25, -0.2) is 4.39 Å². The standard InChI is InChI=1S/C8H8FO.ClH.Zn/c1-6-5-7(9)3-4-8(6)10-2;;/h3-5H,1H2,2H3;1H;/q-1;;+2/p-1. The molecule has 12 heavy (non-hydrogen) atoms. The van der Waals surface area contributed by atoms with E-state index < -0.39 is 0 Å². The number of rotatable bonds is 1. The van der Waals surface area contributed by atoms with Crippen molar-refractivity contribution in [1.82, 2.24) is 0 Å². The van der Waals surface area contributed by atoms with Crippen LogP contribution in [-0.4, -0.2) is 7.11 Å². The fraction of sp³-hybridized carbons (Fsp3) is 0.125. The van der Waals surface area contributed by atoms with Crippen molar-refractivity contribution in [3.05, 3.63) is 36.5 Å². The van der Waals surface area contributed by atoms with Crippen molar-refractivity contribution in [2.45, 2.75) is 0 Å². The van der Waals surface area contributed by atoms with Gasteiger partial charge in [0.2, 0.25) is 0 Å². The first-order chi connectivity index (χ1) is 5.74. The molecule has 62 valence electrons. The van der Waals surface area contributed by atoms with Gasteiger partial charge < -0.3 is 4.74 Å². The van der Waals surface area contributed by atoms with Gasteiger partial charge >= 0.3 is 27.0 Å². The van der Waals surface area contributed by atoms with Crippen LogP contribution < -0.4 is 4.74 Å². The molecule has 0 saturated heterocycles. The molecule has 0 bridgehead atoms. The van der Waals surface area contributed by atoms with Crippen LogP contribution >= 0.6 is 9.69 Å². The molecule has 0 amide bonds. The Morgan fingerprint density at radius 3 is 2.50 bits per heavy atom. The summed E-state index contributed by atoms with van der Waals surface area (Å²) in [6.45, 7) is 3.59. The van der Waals surface area contributed by atoms with Crippen LogP contribution in [0, 0.1) is 12.7 Å². The van der Waals surface area contributed by atoms with Gasteiger partial charge in [0, 0.05) is 5.75 Å². The number of methoxy groups -OCH3 is 1. The molecule has 0 spiro atoms. The summed E-state index contributed by atoms with van der Waals surface area (Å²) in [5, 5.41) is 0. The van der Waals surface area contributed by atoms with Gasteiger partial charge in [0.05, 0.1) is 12.9 Å². The molecule has 0 aliphatic rings. The summed E-state index contributed by atoms with van der Waals surface area (Å²) in [4.78, 5) is 0. The maximum absolute atomic E-state index is 12.4. The van der Waals surface area contributed by atoms with Gasteiger partial charge in [-0.05, 0) is 6.07 Å². The van der Waals surface area contributed by atoms with Crippen LogP contribution in [0.25, 0.3) is 0 Å². The average Bonchev–Trinajstić information content (AvgIpc) is 2.08. The third-order valence-corrected chi connectivity index (χ3v) is 1.24. The average molecular weight is 240 g/mol. The molecular formula is C8H8ClFOZn. The first-order valence-electron chi connectivity index (χ1n) is 3.16. The number of benzene rings is 1. The van der Waals surface area contributed by atoms with Gasteiger partial charge in [-0.15, -0.1) is 6.07 Å². The zero-order chi connectivity index (χ0) is 9.56. The molecule has 0 aromatic heterocycles. The number of halogens is 2. The molecule has 0 unspecified atom stereocenters. The maximum atomic E-state index is 12.4. The van der Waals surface area contributed by atoms with Crippen molar-refractivity contribution in [3.63, 3.8) is 0 Å². The Labute approximate surface area is 85.6 Å². The Morgan fingerprint density at radius 1 is 1.50 bits per heavy atom. The normalized spacial score (nSPS) is 8.42. The Hall–Kier alpha value is -0.267. The molecule has 1 aromatic rings. The molecule has 1 nitrogen and oxygen atoms in total. The van der Waals surface area contributed by atoms with Crippen LogP contribution in [0.1, 0.15) is 5.56 Å². The van der Waals surface area contributed by atoms with Crippen molar-refractivity contribution in [3.8, 4) is 5.75 Å². The van der Waals surface area contributed by atoms with E-state index in [1.54, 1.807) is 6.07 Å². The Kier molecular flexibility index (Phi) is 6.13. The second kappa shape index (κ2) is 6.27. The van der Waals surface area contributed by atoms with Gasteiger partial charge in [-0.1, -0.05) is 6.07 Å². The van der Waals surface area contributed by atoms with Gasteiger partial charge in [0.1, 0.15) is 0 Å². The zero-order valence-electron chi connectivity index (χ0n) is 6.81. The van der Waals surface area contributed by atoms with Crippen molar-refractivity contribution >= 4 is 9.69 Å². The number of hydrogen-bond acceptors (Lipinski definition) is 1. The van der Waals surface area contributed by atoms with Gasteiger partial charge in [0.15, 0.2) is 0 Å². The van der Waals surface area contributed by atoms with Gasteiger partial charge in [-0.2, -0.15) is 12.5 Å². The van der Waals surface area contributed by atoms with Crippen LogP contribution in [0.3, 0.4) is 0 Å². The van der Waals surface area contributed by atoms with Gasteiger partial charge in [-0.3, -0.25) is 0 Å². The first kappa shape index (κ1) is 11.7. The van der Waals surface area contributed by atoms with Crippen LogP contribution in [-0.2, 0) is 17.3 Å². The van der Waals surface area contributed by atoms with Crippen LogP contribution in [0.5, 0.6) is 5.75 Å². The third-order valence-electron chi connectivity index (χ3n) is 1.24. The van der Waals surface area contributed by atoms with Crippen molar-refractivity contribution in [2.75, 3.05) is 7.11 Å². The van der Waals surface area contributed by atoms with Crippen LogP contribution in [0.2, 0.25) is 0 Å². The van der Waals surface area contributed by atoms with Gasteiger partial charge in [0.25, 0.3) is 0 Å². The van der Waals surface area contributed by atoms with E-state index in [9.17, 15) is 4.39 Å². The predicted molar refractivity (Wildman–Crippen MR) is 43.3 cm³/mol. The second-order valence-electron chi connectivity index (χ2n) is 1.96.